The largest absolute Gasteiger partial charge is 0.477 e. The van der Waals surface area contributed by atoms with Crippen LogP contribution in [0.5, 0.6) is 0 Å². The monoisotopic (exact) mass is 716 g/mol. The van der Waals surface area contributed by atoms with E-state index in [0.29, 0.717) is 0 Å². The summed E-state index contributed by atoms with van der Waals surface area (Å²) in [5, 5.41) is 20.4. The Labute approximate surface area is 284 Å². The molecule has 1 heterocycles. The van der Waals surface area contributed by atoms with Crippen molar-refractivity contribution in [3.63, 3.8) is 0 Å². The number of halogens is 3. The van der Waals surface area contributed by atoms with Gasteiger partial charge in [0, 0.05) is 36.3 Å². The number of hydrogen-bond acceptors (Lipinski definition) is 10. The van der Waals surface area contributed by atoms with Crippen molar-refractivity contribution in [2.45, 2.75) is 98.4 Å². The van der Waals surface area contributed by atoms with Gasteiger partial charge in [-0.05, 0) is 86.4 Å². The summed E-state index contributed by atoms with van der Waals surface area (Å²) in [5.41, 5.74) is -2.29. The van der Waals surface area contributed by atoms with Gasteiger partial charge >= 0.3 is 13.9 Å². The fourth-order valence-electron chi connectivity index (χ4n) is 4.10. The molecule has 0 aliphatic heterocycles. The Kier molecular flexibility index (Phi) is 14.2. The van der Waals surface area contributed by atoms with Crippen molar-refractivity contribution >= 4 is 43.6 Å². The zero-order valence-corrected chi connectivity index (χ0v) is 30.1. The maximum atomic E-state index is 13.7. The van der Waals surface area contributed by atoms with Crippen molar-refractivity contribution in [2.24, 2.45) is 0 Å². The predicted octanol–water partition coefficient (Wildman–Crippen LogP) is 5.79. The Morgan fingerprint density at radius 1 is 0.980 bits per heavy atom. The van der Waals surface area contributed by atoms with Gasteiger partial charge in [-0.1, -0.05) is 0 Å². The molecule has 0 atom stereocenters. The smallest absolute Gasteiger partial charge is 0.442 e. The van der Waals surface area contributed by atoms with Gasteiger partial charge in [-0.15, -0.1) is 5.10 Å². The van der Waals surface area contributed by atoms with Crippen LogP contribution in [0.2, 0.25) is 0 Å². The van der Waals surface area contributed by atoms with Crippen LogP contribution in [0.3, 0.4) is 0 Å². The van der Waals surface area contributed by atoms with Crippen LogP contribution >= 0.6 is 7.82 Å². The number of ether oxygens (including phenoxy) is 2. The zero-order chi connectivity index (χ0) is 37.4. The van der Waals surface area contributed by atoms with Crippen molar-refractivity contribution in [2.75, 3.05) is 18.7 Å². The molecule has 1 aromatic heterocycles. The van der Waals surface area contributed by atoms with E-state index in [1.807, 2.05) is 0 Å². The summed E-state index contributed by atoms with van der Waals surface area (Å²) in [5.74, 6) is -5.19. The van der Waals surface area contributed by atoms with Crippen molar-refractivity contribution in [3.8, 4) is 0 Å². The number of phosphoric ester groups is 1. The first-order valence-corrected chi connectivity index (χ1v) is 16.7. The number of carbonyl (C=O) groups is 2. The van der Waals surface area contributed by atoms with Gasteiger partial charge in [0.2, 0.25) is 5.91 Å². The standard InChI is InChI=1S/C32H45F3N5O8P/c1-30(2,3)46-29(42)40-27(21(18-37)12-14-36)22(13-15-44-19-45-49(43,47-31(4,5)6)48-32(7,8)9)28(39-40)38-25(41)11-10-20-16-23(33)26(35)24(34)17-20/h12,14,16-18,36-37H,10-11,13,15,19H2,1-9H3,(H,38,39,41)/p+1/b21-12+,36-14?,37-18?. The van der Waals surface area contributed by atoms with Gasteiger partial charge in [-0.2, -0.15) is 4.68 Å². The molecule has 0 unspecified atom stereocenters. The number of anilines is 1. The van der Waals surface area contributed by atoms with E-state index in [2.05, 4.69) is 10.4 Å². The molecule has 0 spiro atoms. The molecule has 49 heavy (non-hydrogen) atoms. The second-order valence-electron chi connectivity index (χ2n) is 13.7. The molecule has 13 nitrogen and oxygen atoms in total. The highest BCUT2D eigenvalue weighted by atomic mass is 31.2. The van der Waals surface area contributed by atoms with E-state index in [-0.39, 0.29) is 54.1 Å². The fourth-order valence-corrected chi connectivity index (χ4v) is 5.79. The molecule has 0 radical (unpaired) electrons. The van der Waals surface area contributed by atoms with Crippen LogP contribution in [0, 0.1) is 22.9 Å². The van der Waals surface area contributed by atoms with E-state index < -0.39 is 60.9 Å². The first kappa shape index (κ1) is 41.5. The van der Waals surface area contributed by atoms with E-state index in [9.17, 15) is 27.3 Å². The number of hydrogen-bond donors (Lipinski definition) is 3. The van der Waals surface area contributed by atoms with Crippen LogP contribution in [-0.2, 0) is 45.2 Å². The molecule has 272 valence electrons. The number of carbonyl (C=O) groups excluding carboxylic acids is 2. The van der Waals surface area contributed by atoms with Crippen molar-refractivity contribution in [3.05, 3.63) is 52.5 Å². The third-order valence-electron chi connectivity index (χ3n) is 5.76. The number of aryl methyl sites for hydroxylation is 1. The third kappa shape index (κ3) is 13.6. The minimum absolute atomic E-state index is 0.0378. The summed E-state index contributed by atoms with van der Waals surface area (Å²) in [6, 6.07) is 1.57. The highest BCUT2D eigenvalue weighted by molar-refractivity contribution is 7.48. The highest BCUT2D eigenvalue weighted by Crippen LogP contribution is 2.55. The maximum Gasteiger partial charge on any atom is 0.477 e. The average Bonchev–Trinajstić information content (AvgIpc) is 3.27. The molecule has 2 rings (SSSR count). The summed E-state index contributed by atoms with van der Waals surface area (Å²) >= 11 is 0. The Morgan fingerprint density at radius 3 is 2.04 bits per heavy atom. The van der Waals surface area contributed by atoms with Gasteiger partial charge in [-0.3, -0.25) is 23.8 Å². The number of rotatable bonds is 15. The lowest BCUT2D eigenvalue weighted by molar-refractivity contribution is -0.116. The van der Waals surface area contributed by atoms with Gasteiger partial charge in [-0.25, -0.2) is 22.5 Å². The van der Waals surface area contributed by atoms with Crippen LogP contribution in [-0.4, -0.2) is 64.4 Å². The Balaban J connectivity index is 2.43. The predicted molar refractivity (Wildman–Crippen MR) is 177 cm³/mol. The number of phosphoric acid groups is 1. The lowest BCUT2D eigenvalue weighted by Gasteiger charge is -2.30. The summed E-state index contributed by atoms with van der Waals surface area (Å²) in [7, 11) is -4.10. The average molecular weight is 717 g/mol. The molecule has 0 saturated heterocycles. The number of nitrogens with two attached hydrogens (primary N) is 1. The summed E-state index contributed by atoms with van der Waals surface area (Å²) in [6.45, 7) is 14.3. The fraction of sp³-hybridized carbons (Fsp3) is 0.531. The van der Waals surface area contributed by atoms with Gasteiger partial charge in [0.1, 0.15) is 5.60 Å². The molecule has 0 aliphatic carbocycles. The van der Waals surface area contributed by atoms with Crippen molar-refractivity contribution < 1.29 is 55.8 Å². The quantitative estimate of drug-likeness (QED) is 0.0677. The molecular formula is C32H46F3N5O8P+. The lowest BCUT2D eigenvalue weighted by Crippen LogP contribution is -2.30. The lowest BCUT2D eigenvalue weighted by atomic mass is 10.1. The van der Waals surface area contributed by atoms with E-state index >= 15 is 0 Å². The molecule has 17 heteroatoms. The molecule has 4 N–H and O–H groups in total. The highest BCUT2D eigenvalue weighted by Gasteiger charge is 2.37. The van der Waals surface area contributed by atoms with Gasteiger partial charge in [0.15, 0.2) is 36.3 Å². The van der Waals surface area contributed by atoms with Crippen LogP contribution in [0.25, 0.3) is 5.57 Å². The van der Waals surface area contributed by atoms with Crippen molar-refractivity contribution in [1.29, 1.82) is 5.41 Å². The van der Waals surface area contributed by atoms with E-state index in [1.165, 1.54) is 6.08 Å². The minimum Gasteiger partial charge on any atom is -0.442 e. The summed E-state index contributed by atoms with van der Waals surface area (Å²) < 4.78 is 82.7. The number of allylic oxidation sites excluding steroid dienone is 2. The van der Waals surface area contributed by atoms with Gasteiger partial charge < -0.3 is 20.2 Å². The van der Waals surface area contributed by atoms with E-state index in [0.717, 1.165) is 29.2 Å². The molecular weight excluding hydrogens is 670 g/mol. The molecule has 2 aromatic rings. The van der Waals surface area contributed by atoms with E-state index in [1.54, 1.807) is 62.3 Å². The first-order valence-electron chi connectivity index (χ1n) is 15.3. The SMILES string of the molecule is CC(C)(C)OC(=O)n1nc(NC(=O)CCc2cc(F)c(F)c(F)c2)c(CCOCOP(=O)(OC(C)(C)C)OC(C)(C)C)c1/C(C=N)=C/C=[NH2+]. The number of nitrogens with zero attached hydrogens (tertiary/aromatic N) is 2. The first-order chi connectivity index (χ1) is 22.5. The summed E-state index contributed by atoms with van der Waals surface area (Å²) in [4.78, 5) is 26.3. The molecule has 0 bridgehead atoms. The van der Waals surface area contributed by atoms with Gasteiger partial charge in [0.05, 0.1) is 23.5 Å². The second-order valence-corrected chi connectivity index (χ2v) is 15.2. The van der Waals surface area contributed by atoms with E-state index in [4.69, 9.17) is 33.9 Å². The Hall–Kier alpha value is -3.69. The Morgan fingerprint density at radius 2 is 1.55 bits per heavy atom. The van der Waals surface area contributed by atoms with Crippen molar-refractivity contribution in [1.82, 2.24) is 9.78 Å². The topological polar surface area (TPSA) is 177 Å². The molecule has 0 fully saturated rings. The van der Waals surface area contributed by atoms with Crippen LogP contribution in [0.4, 0.5) is 23.8 Å². The minimum atomic E-state index is -4.10. The second kappa shape index (κ2) is 16.8. The van der Waals surface area contributed by atoms with Crippen LogP contribution in [0.15, 0.2) is 18.2 Å². The number of aromatic nitrogens is 2. The third-order valence-corrected chi connectivity index (χ3v) is 7.72. The molecule has 0 aliphatic rings. The molecule has 0 saturated carbocycles. The zero-order valence-electron chi connectivity index (χ0n) is 29.2. The molecule has 1 amide bonds. The molecule has 1 aromatic carbocycles. The normalized spacial score (nSPS) is 12.9. The number of amides is 1. The van der Waals surface area contributed by atoms with Crippen LogP contribution < -0.4 is 10.7 Å². The van der Waals surface area contributed by atoms with Crippen LogP contribution in [0.1, 0.15) is 85.6 Å². The van der Waals surface area contributed by atoms with Gasteiger partial charge in [0.25, 0.3) is 0 Å². The number of nitrogens with one attached hydrogen (secondary N) is 2. The number of benzene rings is 1. The summed E-state index contributed by atoms with van der Waals surface area (Å²) in [6.07, 6.45) is 1.96. The maximum absolute atomic E-state index is 13.7. The Bertz CT molecular complexity index is 1560.